The molecule has 3 rings (SSSR count). The summed E-state index contributed by atoms with van der Waals surface area (Å²) in [7, 11) is -3.45. The van der Waals surface area contributed by atoms with Gasteiger partial charge in [-0.05, 0) is 44.1 Å². The number of carbonyl (C=O) groups excluding carboxylic acids is 1. The molecule has 6 nitrogen and oxygen atoms in total. The highest BCUT2D eigenvalue weighted by Gasteiger charge is 2.26. The molecule has 1 N–H and O–H groups in total. The zero-order valence-electron chi connectivity index (χ0n) is 14.9. The van der Waals surface area contributed by atoms with E-state index in [1.54, 1.807) is 28.8 Å². The number of aryl methyl sites for hydroxylation is 2. The van der Waals surface area contributed by atoms with E-state index in [1.807, 2.05) is 18.7 Å². The quantitative estimate of drug-likeness (QED) is 0.789. The van der Waals surface area contributed by atoms with Crippen LogP contribution in [0.15, 0.2) is 21.7 Å². The Labute approximate surface area is 162 Å². The highest BCUT2D eigenvalue weighted by atomic mass is 32.2. The number of thiophene rings is 1. The van der Waals surface area contributed by atoms with E-state index in [-0.39, 0.29) is 11.8 Å². The molecule has 0 unspecified atom stereocenters. The summed E-state index contributed by atoms with van der Waals surface area (Å²) in [5.74, 6) is 0.245. The minimum atomic E-state index is -3.45. The van der Waals surface area contributed by atoms with Crippen LogP contribution in [0.4, 0.5) is 0 Å². The fourth-order valence-corrected chi connectivity index (χ4v) is 6.24. The van der Waals surface area contributed by atoms with Crippen LogP contribution in [0, 0.1) is 19.8 Å². The Balaban J connectivity index is 1.55. The Kier molecular flexibility index (Phi) is 6.11. The van der Waals surface area contributed by atoms with Crippen molar-refractivity contribution < 1.29 is 13.2 Å². The summed E-state index contributed by atoms with van der Waals surface area (Å²) >= 11 is 2.78. The van der Waals surface area contributed by atoms with E-state index in [0.29, 0.717) is 23.7 Å². The van der Waals surface area contributed by atoms with E-state index >= 15 is 0 Å². The molecule has 26 heavy (non-hydrogen) atoms. The molecule has 0 spiro atoms. The van der Waals surface area contributed by atoms with Crippen LogP contribution in [-0.2, 0) is 21.2 Å². The lowest BCUT2D eigenvalue weighted by atomic mass is 9.98. The summed E-state index contributed by atoms with van der Waals surface area (Å²) in [4.78, 5) is 19.9. The number of hydrogen-bond donors (Lipinski definition) is 1. The average Bonchev–Trinajstić information content (AvgIpc) is 3.24. The standard InChI is InChI=1S/C17H23N3O3S3/c1-12-15(25-13(2)19-12)9-16(21)20-7-3-5-14(11-20)10-18-26(22,23)17-6-4-8-24-17/h4,6,8,14,18H,3,5,7,9-11H2,1-2H3/t14-/m1/s1. The molecule has 3 heterocycles. The molecule has 2 aromatic heterocycles. The van der Waals surface area contributed by atoms with Gasteiger partial charge in [0.05, 0.1) is 17.1 Å². The van der Waals surface area contributed by atoms with Crippen molar-refractivity contribution in [3.05, 3.63) is 33.1 Å². The van der Waals surface area contributed by atoms with Crippen LogP contribution in [0.25, 0.3) is 0 Å². The number of likely N-dealkylation sites (tertiary alicyclic amines) is 1. The second-order valence-electron chi connectivity index (χ2n) is 6.55. The molecular weight excluding hydrogens is 390 g/mol. The van der Waals surface area contributed by atoms with E-state index in [2.05, 4.69) is 9.71 Å². The minimum absolute atomic E-state index is 0.0996. The first kappa shape index (κ1) is 19.5. The summed E-state index contributed by atoms with van der Waals surface area (Å²) in [5, 5.41) is 2.73. The maximum atomic E-state index is 12.6. The monoisotopic (exact) mass is 413 g/mol. The molecule has 0 saturated carbocycles. The number of aromatic nitrogens is 1. The maximum absolute atomic E-state index is 12.6. The zero-order valence-corrected chi connectivity index (χ0v) is 17.3. The lowest BCUT2D eigenvalue weighted by molar-refractivity contribution is -0.132. The van der Waals surface area contributed by atoms with E-state index in [9.17, 15) is 13.2 Å². The molecule has 2 aromatic rings. The zero-order chi connectivity index (χ0) is 18.7. The third kappa shape index (κ3) is 4.70. The van der Waals surface area contributed by atoms with E-state index < -0.39 is 10.0 Å². The minimum Gasteiger partial charge on any atom is -0.342 e. The van der Waals surface area contributed by atoms with Gasteiger partial charge in [-0.15, -0.1) is 22.7 Å². The van der Waals surface area contributed by atoms with Gasteiger partial charge in [0.15, 0.2) is 0 Å². The van der Waals surface area contributed by atoms with Crippen molar-refractivity contribution in [3.8, 4) is 0 Å². The van der Waals surface area contributed by atoms with Crippen LogP contribution in [0.5, 0.6) is 0 Å². The Hall–Kier alpha value is -1.29. The summed E-state index contributed by atoms with van der Waals surface area (Å²) in [6, 6.07) is 3.33. The summed E-state index contributed by atoms with van der Waals surface area (Å²) < 4.78 is 27.5. The summed E-state index contributed by atoms with van der Waals surface area (Å²) in [6.45, 7) is 5.59. The lowest BCUT2D eigenvalue weighted by Crippen LogP contribution is -2.44. The SMILES string of the molecule is Cc1nc(C)c(CC(=O)N2CCC[C@H](CNS(=O)(=O)c3cccs3)C2)s1. The number of nitrogens with one attached hydrogen (secondary N) is 1. The first-order chi connectivity index (χ1) is 12.3. The van der Waals surface area contributed by atoms with Crippen molar-refractivity contribution in [2.24, 2.45) is 5.92 Å². The van der Waals surface area contributed by atoms with Crippen molar-refractivity contribution in [1.29, 1.82) is 0 Å². The first-order valence-corrected chi connectivity index (χ1v) is 11.8. The fraction of sp³-hybridized carbons (Fsp3) is 0.529. The van der Waals surface area contributed by atoms with Crippen LogP contribution in [-0.4, -0.2) is 43.8 Å². The number of nitrogens with zero attached hydrogens (tertiary/aromatic N) is 2. The third-order valence-corrected chi connectivity index (χ3v) is 8.40. The Morgan fingerprint density at radius 1 is 1.42 bits per heavy atom. The van der Waals surface area contributed by atoms with Gasteiger partial charge in [-0.3, -0.25) is 4.79 Å². The van der Waals surface area contributed by atoms with Gasteiger partial charge in [0, 0.05) is 24.5 Å². The fourth-order valence-electron chi connectivity index (χ4n) is 3.16. The number of carbonyl (C=O) groups is 1. The van der Waals surface area contributed by atoms with Crippen LogP contribution in [0.3, 0.4) is 0 Å². The smallest absolute Gasteiger partial charge is 0.250 e. The van der Waals surface area contributed by atoms with Crippen LogP contribution in [0.2, 0.25) is 0 Å². The number of sulfonamides is 1. The highest BCUT2D eigenvalue weighted by Crippen LogP contribution is 2.22. The van der Waals surface area contributed by atoms with Crippen molar-refractivity contribution >= 4 is 38.6 Å². The molecule has 1 amide bonds. The Bertz CT molecular complexity index is 859. The van der Waals surface area contributed by atoms with Crippen molar-refractivity contribution in [3.63, 3.8) is 0 Å². The Morgan fingerprint density at radius 2 is 2.23 bits per heavy atom. The van der Waals surface area contributed by atoms with Gasteiger partial charge in [0.2, 0.25) is 15.9 Å². The molecule has 1 atom stereocenters. The molecule has 1 aliphatic rings. The number of piperidine rings is 1. The van der Waals surface area contributed by atoms with Crippen LogP contribution < -0.4 is 4.72 Å². The molecule has 1 aliphatic heterocycles. The van der Waals surface area contributed by atoms with Gasteiger partial charge in [0.1, 0.15) is 4.21 Å². The van der Waals surface area contributed by atoms with Gasteiger partial charge in [-0.2, -0.15) is 0 Å². The average molecular weight is 414 g/mol. The van der Waals surface area contributed by atoms with Crippen LogP contribution >= 0.6 is 22.7 Å². The molecule has 0 aromatic carbocycles. The Morgan fingerprint density at radius 3 is 2.88 bits per heavy atom. The van der Waals surface area contributed by atoms with E-state index in [0.717, 1.165) is 35.0 Å². The predicted octanol–water partition coefficient (Wildman–Crippen LogP) is 2.58. The van der Waals surface area contributed by atoms with Gasteiger partial charge >= 0.3 is 0 Å². The van der Waals surface area contributed by atoms with E-state index in [4.69, 9.17) is 0 Å². The number of amides is 1. The van der Waals surface area contributed by atoms with Crippen LogP contribution in [0.1, 0.15) is 28.4 Å². The molecule has 0 aliphatic carbocycles. The molecule has 142 valence electrons. The lowest BCUT2D eigenvalue weighted by Gasteiger charge is -2.32. The number of hydrogen-bond acceptors (Lipinski definition) is 6. The topological polar surface area (TPSA) is 79.4 Å². The first-order valence-electron chi connectivity index (χ1n) is 8.59. The van der Waals surface area contributed by atoms with Gasteiger partial charge < -0.3 is 4.90 Å². The van der Waals surface area contributed by atoms with Gasteiger partial charge in [-0.25, -0.2) is 18.1 Å². The highest BCUT2D eigenvalue weighted by molar-refractivity contribution is 7.91. The normalized spacial score (nSPS) is 18.2. The van der Waals surface area contributed by atoms with Gasteiger partial charge in [-0.1, -0.05) is 6.07 Å². The second-order valence-corrected chi connectivity index (χ2v) is 10.8. The molecular formula is C17H23N3O3S3. The molecule has 0 bridgehead atoms. The number of thiazole rings is 1. The molecule has 9 heteroatoms. The van der Waals surface area contributed by atoms with Crippen molar-refractivity contribution in [2.75, 3.05) is 19.6 Å². The molecule has 1 fully saturated rings. The predicted molar refractivity (Wildman–Crippen MR) is 104 cm³/mol. The number of rotatable bonds is 6. The van der Waals surface area contributed by atoms with Crippen molar-refractivity contribution in [2.45, 2.75) is 37.3 Å². The summed E-state index contributed by atoms with van der Waals surface area (Å²) in [6.07, 6.45) is 2.21. The molecule has 1 saturated heterocycles. The third-order valence-electron chi connectivity index (χ3n) is 4.51. The second kappa shape index (κ2) is 8.16. The van der Waals surface area contributed by atoms with Gasteiger partial charge in [0.25, 0.3) is 0 Å². The maximum Gasteiger partial charge on any atom is 0.250 e. The largest absolute Gasteiger partial charge is 0.342 e. The van der Waals surface area contributed by atoms with E-state index in [1.165, 1.54) is 11.3 Å². The molecule has 0 radical (unpaired) electrons. The summed E-state index contributed by atoms with van der Waals surface area (Å²) in [5.41, 5.74) is 0.929. The van der Waals surface area contributed by atoms with Crippen molar-refractivity contribution in [1.82, 2.24) is 14.6 Å².